The van der Waals surface area contributed by atoms with Crippen molar-refractivity contribution in [2.24, 2.45) is 4.99 Å². The molecule has 0 saturated carbocycles. The zero-order valence-electron chi connectivity index (χ0n) is 26.0. The smallest absolute Gasteiger partial charge is 0.414 e. The molecule has 1 aliphatic carbocycles. The van der Waals surface area contributed by atoms with E-state index in [4.69, 9.17) is 44.5 Å². The van der Waals surface area contributed by atoms with E-state index in [-0.39, 0.29) is 31.5 Å². The number of fused-ring (bicyclic) bond motifs is 1. The summed E-state index contributed by atoms with van der Waals surface area (Å²) in [6.45, 7) is 3.07. The number of para-hydroxylation sites is 1. The van der Waals surface area contributed by atoms with Crippen LogP contribution in [0.2, 0.25) is 0 Å². The molecule has 4 heterocycles. The minimum atomic E-state index is -1.88. The van der Waals surface area contributed by atoms with Crippen molar-refractivity contribution < 1.29 is 29.0 Å². The van der Waals surface area contributed by atoms with Gasteiger partial charge in [0.05, 0.1) is 30.5 Å². The number of carbonyl (C=O) groups excluding carboxylic acids is 4. The summed E-state index contributed by atoms with van der Waals surface area (Å²) in [6, 6.07) is 11.3. The molecule has 17 heteroatoms. The highest BCUT2D eigenvalue weighted by atomic mass is 35.6. The van der Waals surface area contributed by atoms with Crippen LogP contribution in [-0.2, 0) is 22.4 Å². The Bertz CT molecular complexity index is 1760. The Balaban J connectivity index is 1.20. The van der Waals surface area contributed by atoms with Gasteiger partial charge in [-0.2, -0.15) is 0 Å². The van der Waals surface area contributed by atoms with E-state index in [9.17, 15) is 24.3 Å². The quantitative estimate of drug-likeness (QED) is 0.221. The first-order valence-corrected chi connectivity index (χ1v) is 16.9. The van der Waals surface area contributed by atoms with Crippen molar-refractivity contribution in [3.63, 3.8) is 0 Å². The molecule has 4 aliphatic heterocycles. The number of aryl methyl sites for hydroxylation is 1. The van der Waals surface area contributed by atoms with Gasteiger partial charge in [-0.1, -0.05) is 71.7 Å². The normalized spacial score (nSPS) is 27.2. The molecule has 2 aromatic rings. The fourth-order valence-corrected chi connectivity index (χ4v) is 7.62. The molecule has 3 saturated heterocycles. The number of guanidine groups is 1. The van der Waals surface area contributed by atoms with Gasteiger partial charge < -0.3 is 30.7 Å². The van der Waals surface area contributed by atoms with Gasteiger partial charge in [0.25, 0.3) is 11.8 Å². The van der Waals surface area contributed by atoms with Crippen molar-refractivity contribution in [3.8, 4) is 0 Å². The first-order valence-electron chi connectivity index (χ1n) is 15.7. The van der Waals surface area contributed by atoms with Crippen molar-refractivity contribution in [1.29, 1.82) is 0 Å². The zero-order chi connectivity index (χ0) is 34.7. The minimum absolute atomic E-state index is 0.0000401. The van der Waals surface area contributed by atoms with Crippen molar-refractivity contribution >= 4 is 70.4 Å². The molecule has 5 N–H and O–H groups in total. The molecule has 5 aliphatic rings. The summed E-state index contributed by atoms with van der Waals surface area (Å²) in [6.07, 6.45) is 0.319. The van der Waals surface area contributed by atoms with Gasteiger partial charge in [-0.05, 0) is 48.6 Å². The number of hydrogen-bond acceptors (Lipinski definition) is 10. The number of hydrogen-bond donors (Lipinski definition) is 5. The van der Waals surface area contributed by atoms with Crippen LogP contribution in [0.25, 0.3) is 0 Å². The summed E-state index contributed by atoms with van der Waals surface area (Å²) < 4.78 is 3.23. The molecule has 5 atom stereocenters. The van der Waals surface area contributed by atoms with E-state index in [1.54, 1.807) is 41.3 Å². The monoisotopic (exact) mass is 730 g/mol. The van der Waals surface area contributed by atoms with Gasteiger partial charge in [-0.3, -0.25) is 24.7 Å². The fraction of sp³-hybridized carbons (Fsp3) is 0.406. The van der Waals surface area contributed by atoms with Crippen LogP contribution < -0.4 is 26.2 Å². The molecule has 0 aromatic heterocycles. The molecule has 0 bridgehead atoms. The van der Waals surface area contributed by atoms with E-state index < -0.39 is 58.3 Å². The topological polar surface area (TPSA) is 168 Å². The lowest BCUT2D eigenvalue weighted by Gasteiger charge is -2.47. The molecule has 3 fully saturated rings. The Morgan fingerprint density at radius 2 is 1.90 bits per heavy atom. The lowest BCUT2D eigenvalue weighted by molar-refractivity contribution is -0.125. The van der Waals surface area contributed by atoms with E-state index in [1.807, 2.05) is 12.1 Å². The molecule has 1 spiro atoms. The second-order valence-corrected chi connectivity index (χ2v) is 15.0. The Labute approximate surface area is 296 Å². The van der Waals surface area contributed by atoms with E-state index >= 15 is 0 Å². The number of urea groups is 1. The average Bonchev–Trinajstić information content (AvgIpc) is 3.82. The SMILES string of the molecule is C=C1N[C@H]2[C@H](CN3C(=O)CN(c4ccccc4)C3=O)N=C(NC(=O)OCC(Cl)(Cl)Cl)N3C[C@H](NC(=O)c4cccc5c4CCC5)[C@H](O)[C@]23N1. The standard InChI is InChI=1S/C32H33Cl3N8O6/c1-17-36-25-22(13-42-24(44)15-41(30(42)48)19-9-3-2-4-10-19)38-28(39-29(47)49-16-31(33,34)35)43-14-23(26(45)32(25,43)40-17)37-27(46)21-12-6-8-18-7-5-11-20(18)21/h2-4,6,8-10,12,22-23,25-26,36,40,45H,1,5,7,11,13-16H2,(H,37,46)(H,38,39,47)/t22-,23-,25-,26-,32-/m0/s1. The summed E-state index contributed by atoms with van der Waals surface area (Å²) in [5.74, 6) is -0.531. The predicted molar refractivity (Wildman–Crippen MR) is 181 cm³/mol. The number of alkyl halides is 3. The summed E-state index contributed by atoms with van der Waals surface area (Å²) in [7, 11) is 0. The highest BCUT2D eigenvalue weighted by molar-refractivity contribution is 6.67. The van der Waals surface area contributed by atoms with Crippen LogP contribution >= 0.6 is 34.8 Å². The molecule has 258 valence electrons. The van der Waals surface area contributed by atoms with Gasteiger partial charge in [0.2, 0.25) is 9.75 Å². The number of carbonyl (C=O) groups is 4. The number of nitrogens with zero attached hydrogens (tertiary/aromatic N) is 4. The van der Waals surface area contributed by atoms with Crippen molar-refractivity contribution in [3.05, 3.63) is 77.6 Å². The molecule has 0 radical (unpaired) electrons. The second-order valence-electron chi connectivity index (χ2n) is 12.5. The molecular weight excluding hydrogens is 699 g/mol. The van der Waals surface area contributed by atoms with Crippen molar-refractivity contribution in [2.75, 3.05) is 31.1 Å². The van der Waals surface area contributed by atoms with Gasteiger partial charge in [-0.25, -0.2) is 14.6 Å². The van der Waals surface area contributed by atoms with E-state index in [0.29, 0.717) is 17.1 Å². The van der Waals surface area contributed by atoms with Crippen LogP contribution in [0.15, 0.2) is 65.9 Å². The maximum absolute atomic E-state index is 13.7. The predicted octanol–water partition coefficient (Wildman–Crippen LogP) is 1.98. The van der Waals surface area contributed by atoms with Crippen LogP contribution in [0.5, 0.6) is 0 Å². The number of ether oxygens (including phenoxy) is 1. The van der Waals surface area contributed by atoms with Crippen LogP contribution in [0.4, 0.5) is 15.3 Å². The zero-order valence-corrected chi connectivity index (χ0v) is 28.3. The number of amides is 5. The number of aliphatic imine (C=N–C) groups is 1. The lowest BCUT2D eigenvalue weighted by Crippen LogP contribution is -2.74. The Morgan fingerprint density at radius 3 is 2.65 bits per heavy atom. The third-order valence-electron chi connectivity index (χ3n) is 9.52. The largest absolute Gasteiger partial charge is 0.445 e. The van der Waals surface area contributed by atoms with E-state index in [0.717, 1.165) is 35.3 Å². The minimum Gasteiger partial charge on any atom is -0.445 e. The summed E-state index contributed by atoms with van der Waals surface area (Å²) in [4.78, 5) is 62.3. The Hall–Kier alpha value is -4.24. The number of aliphatic hydroxyl groups is 1. The Morgan fingerprint density at radius 1 is 1.12 bits per heavy atom. The highest BCUT2D eigenvalue weighted by Crippen LogP contribution is 2.41. The van der Waals surface area contributed by atoms with Gasteiger partial charge in [0.1, 0.15) is 19.3 Å². The second kappa shape index (κ2) is 12.6. The average molecular weight is 732 g/mol. The molecule has 5 amide bonds. The van der Waals surface area contributed by atoms with E-state index in [1.165, 1.54) is 4.90 Å². The van der Waals surface area contributed by atoms with Gasteiger partial charge in [-0.15, -0.1) is 0 Å². The number of anilines is 1. The van der Waals surface area contributed by atoms with Crippen molar-refractivity contribution in [2.45, 2.75) is 52.9 Å². The molecule has 14 nitrogen and oxygen atoms in total. The van der Waals surface area contributed by atoms with Crippen LogP contribution in [0.3, 0.4) is 0 Å². The Kier molecular flexibility index (Phi) is 8.54. The van der Waals surface area contributed by atoms with Crippen molar-refractivity contribution in [1.82, 2.24) is 31.1 Å². The molecule has 7 rings (SSSR count). The number of aliphatic hydroxyl groups excluding tert-OH is 1. The summed E-state index contributed by atoms with van der Waals surface area (Å²) in [5, 5.41) is 24.1. The first kappa shape index (κ1) is 33.3. The number of nitrogens with one attached hydrogen (secondary N) is 4. The van der Waals surface area contributed by atoms with Gasteiger partial charge in [0.15, 0.2) is 5.66 Å². The highest BCUT2D eigenvalue weighted by Gasteiger charge is 2.66. The lowest BCUT2D eigenvalue weighted by atomic mass is 9.87. The third kappa shape index (κ3) is 6.00. The van der Waals surface area contributed by atoms with Gasteiger partial charge in [0, 0.05) is 17.8 Å². The summed E-state index contributed by atoms with van der Waals surface area (Å²) >= 11 is 17.3. The number of alkyl carbamates (subject to hydrolysis) is 1. The maximum Gasteiger partial charge on any atom is 0.414 e. The number of rotatable bonds is 6. The number of benzene rings is 2. The molecule has 49 heavy (non-hydrogen) atoms. The maximum atomic E-state index is 13.7. The van der Waals surface area contributed by atoms with Crippen LogP contribution in [-0.4, -0.2) is 105 Å². The first-order chi connectivity index (χ1) is 23.4. The van der Waals surface area contributed by atoms with Crippen LogP contribution in [0, 0.1) is 0 Å². The molecular formula is C32H33Cl3N8O6. The summed E-state index contributed by atoms with van der Waals surface area (Å²) in [5.41, 5.74) is 1.76. The van der Waals surface area contributed by atoms with Gasteiger partial charge >= 0.3 is 12.1 Å². The molecule has 2 aromatic carbocycles. The number of imide groups is 1. The van der Waals surface area contributed by atoms with E-state index in [2.05, 4.69) is 27.8 Å². The van der Waals surface area contributed by atoms with Crippen LogP contribution in [0.1, 0.15) is 27.9 Å². The molecule has 0 unspecified atom stereocenters. The number of halogens is 3. The third-order valence-corrected chi connectivity index (χ3v) is 9.85. The fourth-order valence-electron chi connectivity index (χ4n) is 7.45.